The first kappa shape index (κ1) is 23.2. The maximum Gasteiger partial charge on any atom is 0.319 e. The maximum atomic E-state index is 12.6. The van der Waals surface area contributed by atoms with E-state index < -0.39 is 0 Å². The number of aromatic amines is 1. The highest BCUT2D eigenvalue weighted by Gasteiger charge is 2.13. The molecule has 8 nitrogen and oxygen atoms in total. The Morgan fingerprint density at radius 3 is 2.88 bits per heavy atom. The van der Waals surface area contributed by atoms with Crippen molar-refractivity contribution in [3.8, 4) is 16.9 Å². The third-order valence-corrected chi connectivity index (χ3v) is 6.45. The average molecular weight is 468 g/mol. The number of nitrogens with one attached hydrogen (secondary N) is 3. The number of benzene rings is 2. The van der Waals surface area contributed by atoms with Crippen LogP contribution in [0, 0.1) is 0 Å². The van der Waals surface area contributed by atoms with Crippen LogP contribution < -0.4 is 15.4 Å². The van der Waals surface area contributed by atoms with Gasteiger partial charge < -0.3 is 20.1 Å². The molecule has 0 unspecified atom stereocenters. The van der Waals surface area contributed by atoms with Crippen LogP contribution in [0.2, 0.25) is 0 Å². The lowest BCUT2D eigenvalue weighted by molar-refractivity contribution is 0.0410. The van der Waals surface area contributed by atoms with E-state index in [0.29, 0.717) is 6.54 Å². The van der Waals surface area contributed by atoms with E-state index in [-0.39, 0.29) is 6.03 Å². The molecule has 174 valence electrons. The first-order valence-electron chi connectivity index (χ1n) is 10.9. The molecule has 0 aliphatic carbocycles. The second kappa shape index (κ2) is 11.7. The molecule has 0 bridgehead atoms. The van der Waals surface area contributed by atoms with Crippen molar-refractivity contribution in [2.75, 3.05) is 51.0 Å². The van der Waals surface area contributed by atoms with E-state index in [0.717, 1.165) is 71.6 Å². The summed E-state index contributed by atoms with van der Waals surface area (Å²) in [6.07, 6.45) is 3.66. The molecule has 1 aliphatic heterocycles. The number of ether oxygens (including phenoxy) is 2. The van der Waals surface area contributed by atoms with Crippen LogP contribution in [0.3, 0.4) is 0 Å². The molecule has 2 heterocycles. The van der Waals surface area contributed by atoms with Gasteiger partial charge in [0.25, 0.3) is 0 Å². The molecule has 3 N–H and O–H groups in total. The summed E-state index contributed by atoms with van der Waals surface area (Å²) in [4.78, 5) is 16.1. The Morgan fingerprint density at radius 1 is 1.21 bits per heavy atom. The summed E-state index contributed by atoms with van der Waals surface area (Å²) in [6.45, 7) is 4.91. The Hall–Kier alpha value is -3.01. The van der Waals surface area contributed by atoms with Crippen LogP contribution in [-0.2, 0) is 11.3 Å². The van der Waals surface area contributed by atoms with E-state index in [4.69, 9.17) is 9.47 Å². The number of hydrogen-bond acceptors (Lipinski definition) is 6. The summed E-state index contributed by atoms with van der Waals surface area (Å²) >= 11 is 1.74. The van der Waals surface area contributed by atoms with Gasteiger partial charge in [0.1, 0.15) is 5.75 Å². The SMILES string of the molecule is COc1cccc(CNC(=O)Nc2ccc(-c3cn[nH]c3)cc2SCCN2CCOCC2)c1. The number of methoxy groups -OCH3 is 1. The van der Waals surface area contributed by atoms with Gasteiger partial charge in [0.15, 0.2) is 0 Å². The van der Waals surface area contributed by atoms with Crippen LogP contribution >= 0.6 is 11.8 Å². The van der Waals surface area contributed by atoms with Crippen LogP contribution in [0.25, 0.3) is 11.1 Å². The zero-order chi connectivity index (χ0) is 22.9. The molecule has 0 spiro atoms. The van der Waals surface area contributed by atoms with E-state index in [1.807, 2.05) is 42.6 Å². The maximum absolute atomic E-state index is 12.6. The van der Waals surface area contributed by atoms with Gasteiger partial charge in [0.2, 0.25) is 0 Å². The van der Waals surface area contributed by atoms with Gasteiger partial charge in [0, 0.05) is 48.6 Å². The van der Waals surface area contributed by atoms with Gasteiger partial charge in [-0.05, 0) is 35.4 Å². The number of carbonyl (C=O) groups excluding carboxylic acids is 1. The Balaban J connectivity index is 1.40. The number of aromatic nitrogens is 2. The van der Waals surface area contributed by atoms with Gasteiger partial charge in [-0.3, -0.25) is 10.00 Å². The molecule has 1 fully saturated rings. The standard InChI is InChI=1S/C24H29N5O3S/c1-31-21-4-2-3-18(13-21)15-25-24(30)28-22-6-5-19(20-16-26-27-17-20)14-23(22)33-12-9-29-7-10-32-11-8-29/h2-6,13-14,16-17H,7-12,15H2,1H3,(H,26,27)(H2,25,28,30). The zero-order valence-corrected chi connectivity index (χ0v) is 19.5. The van der Waals surface area contributed by atoms with Gasteiger partial charge in [-0.1, -0.05) is 18.2 Å². The number of morpholine rings is 1. The summed E-state index contributed by atoms with van der Waals surface area (Å²) < 4.78 is 10.7. The number of nitrogens with zero attached hydrogens (tertiary/aromatic N) is 2. The lowest BCUT2D eigenvalue weighted by Crippen LogP contribution is -2.37. The van der Waals surface area contributed by atoms with Gasteiger partial charge in [0.05, 0.1) is 32.2 Å². The summed E-state index contributed by atoms with van der Waals surface area (Å²) in [5, 5.41) is 12.8. The van der Waals surface area contributed by atoms with E-state index in [1.54, 1.807) is 25.1 Å². The quantitative estimate of drug-likeness (QED) is 0.414. The molecule has 0 atom stereocenters. The normalized spacial score (nSPS) is 14.1. The number of rotatable bonds is 9. The fourth-order valence-corrected chi connectivity index (χ4v) is 4.63. The van der Waals surface area contributed by atoms with Crippen molar-refractivity contribution in [1.29, 1.82) is 0 Å². The van der Waals surface area contributed by atoms with E-state index in [2.05, 4.69) is 31.8 Å². The van der Waals surface area contributed by atoms with Crippen molar-refractivity contribution in [2.45, 2.75) is 11.4 Å². The highest BCUT2D eigenvalue weighted by atomic mass is 32.2. The summed E-state index contributed by atoms with van der Waals surface area (Å²) in [5.41, 5.74) is 3.83. The minimum Gasteiger partial charge on any atom is -0.497 e. The van der Waals surface area contributed by atoms with Crippen molar-refractivity contribution >= 4 is 23.5 Å². The predicted octanol–water partition coefficient (Wildman–Crippen LogP) is 3.83. The molecule has 33 heavy (non-hydrogen) atoms. The van der Waals surface area contributed by atoms with Gasteiger partial charge in [-0.2, -0.15) is 5.10 Å². The number of hydrogen-bond donors (Lipinski definition) is 3. The predicted molar refractivity (Wildman–Crippen MR) is 131 cm³/mol. The number of H-pyrrole nitrogens is 1. The molecule has 4 rings (SSSR count). The van der Waals surface area contributed by atoms with Crippen LogP contribution in [0.4, 0.5) is 10.5 Å². The number of anilines is 1. The fraction of sp³-hybridized carbons (Fsp3) is 0.333. The minimum absolute atomic E-state index is 0.246. The van der Waals surface area contributed by atoms with Crippen LogP contribution in [0.1, 0.15) is 5.56 Å². The van der Waals surface area contributed by atoms with Crippen LogP contribution in [0.5, 0.6) is 5.75 Å². The molecule has 1 saturated heterocycles. The second-order valence-electron chi connectivity index (χ2n) is 7.66. The summed E-state index contributed by atoms with van der Waals surface area (Å²) in [7, 11) is 1.63. The van der Waals surface area contributed by atoms with Crippen molar-refractivity contribution in [1.82, 2.24) is 20.4 Å². The molecule has 0 radical (unpaired) electrons. The number of thioether (sulfide) groups is 1. The second-order valence-corrected chi connectivity index (χ2v) is 8.80. The number of urea groups is 1. The van der Waals surface area contributed by atoms with E-state index >= 15 is 0 Å². The van der Waals surface area contributed by atoms with Crippen molar-refractivity contribution in [3.63, 3.8) is 0 Å². The fourth-order valence-electron chi connectivity index (χ4n) is 3.57. The zero-order valence-electron chi connectivity index (χ0n) is 18.7. The molecule has 3 aromatic rings. The van der Waals surface area contributed by atoms with Crippen molar-refractivity contribution in [3.05, 3.63) is 60.4 Å². The lowest BCUT2D eigenvalue weighted by atomic mass is 10.1. The molecule has 1 aliphatic rings. The lowest BCUT2D eigenvalue weighted by Gasteiger charge is -2.26. The molecule has 1 aromatic heterocycles. The van der Waals surface area contributed by atoms with Gasteiger partial charge in [-0.25, -0.2) is 4.79 Å². The third kappa shape index (κ3) is 6.74. The monoisotopic (exact) mass is 467 g/mol. The Labute approximate surface area is 198 Å². The summed E-state index contributed by atoms with van der Waals surface area (Å²) in [6, 6.07) is 13.5. The topological polar surface area (TPSA) is 91.5 Å². The molecule has 2 aromatic carbocycles. The molecule has 9 heteroatoms. The summed E-state index contributed by atoms with van der Waals surface area (Å²) in [5.74, 6) is 1.69. The number of carbonyl (C=O) groups is 1. The van der Waals surface area contributed by atoms with Gasteiger partial charge >= 0.3 is 6.03 Å². The Bertz CT molecular complexity index is 1040. The number of amides is 2. The minimum atomic E-state index is -0.246. The average Bonchev–Trinajstić information content (AvgIpc) is 3.40. The largest absolute Gasteiger partial charge is 0.497 e. The van der Waals surface area contributed by atoms with E-state index in [1.165, 1.54) is 0 Å². The van der Waals surface area contributed by atoms with E-state index in [9.17, 15) is 4.79 Å². The Kier molecular flexibility index (Phi) is 8.24. The molecular weight excluding hydrogens is 438 g/mol. The smallest absolute Gasteiger partial charge is 0.319 e. The first-order valence-corrected chi connectivity index (χ1v) is 11.9. The highest BCUT2D eigenvalue weighted by Crippen LogP contribution is 2.32. The third-order valence-electron chi connectivity index (χ3n) is 5.42. The van der Waals surface area contributed by atoms with Crippen molar-refractivity contribution in [2.24, 2.45) is 0 Å². The van der Waals surface area contributed by atoms with Crippen LogP contribution in [-0.4, -0.2) is 66.8 Å². The Morgan fingerprint density at radius 2 is 2.09 bits per heavy atom. The molecule has 0 saturated carbocycles. The molecular formula is C24H29N5O3S. The van der Waals surface area contributed by atoms with Crippen LogP contribution in [0.15, 0.2) is 59.8 Å². The molecule has 2 amide bonds. The highest BCUT2D eigenvalue weighted by molar-refractivity contribution is 7.99. The van der Waals surface area contributed by atoms with Crippen molar-refractivity contribution < 1.29 is 14.3 Å². The van der Waals surface area contributed by atoms with Gasteiger partial charge in [-0.15, -0.1) is 11.8 Å². The first-order chi connectivity index (χ1) is 16.2.